The Hall–Kier alpha value is -3.58. The van der Waals surface area contributed by atoms with Crippen molar-refractivity contribution in [1.29, 1.82) is 0 Å². The van der Waals surface area contributed by atoms with Crippen LogP contribution >= 0.6 is 11.6 Å². The van der Waals surface area contributed by atoms with Crippen molar-refractivity contribution in [3.63, 3.8) is 0 Å². The highest BCUT2D eigenvalue weighted by molar-refractivity contribution is 6.33. The van der Waals surface area contributed by atoms with Gasteiger partial charge in [-0.1, -0.05) is 35.9 Å². The maximum absolute atomic E-state index is 12.2. The van der Waals surface area contributed by atoms with E-state index in [-0.39, 0.29) is 18.3 Å². The lowest BCUT2D eigenvalue weighted by atomic mass is 10.1. The molecule has 3 rings (SSSR count). The molecule has 30 heavy (non-hydrogen) atoms. The van der Waals surface area contributed by atoms with E-state index in [1.807, 2.05) is 0 Å². The minimum atomic E-state index is -0.351. The van der Waals surface area contributed by atoms with Gasteiger partial charge >= 0.3 is 0 Å². The second-order valence-corrected chi connectivity index (χ2v) is 6.73. The molecule has 0 radical (unpaired) electrons. The molecule has 0 atom stereocenters. The van der Waals surface area contributed by atoms with Crippen LogP contribution in [0.4, 0.5) is 5.69 Å². The number of benzene rings is 2. The molecular weight excluding hydrogens is 406 g/mol. The molecule has 1 N–H and O–H groups in total. The topological polar surface area (TPSA) is 82.4 Å². The number of aromatic nitrogens is 2. The van der Waals surface area contributed by atoms with Gasteiger partial charge in [0.25, 0.3) is 5.91 Å². The molecule has 3 aromatic rings. The normalized spacial score (nSPS) is 10.8. The van der Waals surface area contributed by atoms with Crippen molar-refractivity contribution in [2.75, 3.05) is 19.0 Å². The Kier molecular flexibility index (Phi) is 6.87. The van der Waals surface area contributed by atoms with Gasteiger partial charge in [0.1, 0.15) is 0 Å². The largest absolute Gasteiger partial charge is 0.493 e. The Bertz CT molecular complexity index is 1090. The summed E-state index contributed by atoms with van der Waals surface area (Å²) in [5.41, 5.74) is 1.76. The van der Waals surface area contributed by atoms with Crippen molar-refractivity contribution < 1.29 is 19.1 Å². The van der Waals surface area contributed by atoms with E-state index in [0.29, 0.717) is 27.8 Å². The maximum atomic E-state index is 12.2. The van der Waals surface area contributed by atoms with Crippen molar-refractivity contribution in [3.8, 4) is 11.5 Å². The van der Waals surface area contributed by atoms with Gasteiger partial charge < -0.3 is 14.8 Å². The molecule has 1 heterocycles. The van der Waals surface area contributed by atoms with E-state index in [2.05, 4.69) is 10.4 Å². The Balaban J connectivity index is 1.62. The van der Waals surface area contributed by atoms with Gasteiger partial charge in [0.15, 0.2) is 23.9 Å². The number of methoxy groups -OCH3 is 1. The number of ketones is 1. The number of carbonyl (C=O) groups is 2. The summed E-state index contributed by atoms with van der Waals surface area (Å²) in [4.78, 5) is 24.3. The van der Waals surface area contributed by atoms with E-state index >= 15 is 0 Å². The molecule has 0 saturated heterocycles. The summed E-state index contributed by atoms with van der Waals surface area (Å²) < 4.78 is 12.5. The van der Waals surface area contributed by atoms with E-state index in [9.17, 15) is 9.59 Å². The molecule has 0 unspecified atom stereocenters. The number of hydrogen-bond acceptors (Lipinski definition) is 5. The smallest absolute Gasteiger partial charge is 0.262 e. The molecule has 8 heteroatoms. The number of carbonyl (C=O) groups excluding carboxylic acids is 2. The zero-order chi connectivity index (χ0) is 21.5. The molecule has 7 nitrogen and oxygen atoms in total. The van der Waals surface area contributed by atoms with E-state index in [0.717, 1.165) is 5.56 Å². The Morgan fingerprint density at radius 3 is 2.70 bits per heavy atom. The van der Waals surface area contributed by atoms with Crippen LogP contribution in [0, 0.1) is 0 Å². The van der Waals surface area contributed by atoms with Crippen LogP contribution in [0.5, 0.6) is 11.5 Å². The van der Waals surface area contributed by atoms with Gasteiger partial charge in [-0.05, 0) is 35.9 Å². The number of aryl methyl sites for hydroxylation is 1. The first-order valence-corrected chi connectivity index (χ1v) is 9.40. The van der Waals surface area contributed by atoms with Crippen molar-refractivity contribution in [2.45, 2.75) is 0 Å². The first-order valence-electron chi connectivity index (χ1n) is 9.02. The molecule has 0 aliphatic heterocycles. The Morgan fingerprint density at radius 2 is 2.00 bits per heavy atom. The van der Waals surface area contributed by atoms with Crippen molar-refractivity contribution in [3.05, 3.63) is 77.1 Å². The first-order chi connectivity index (χ1) is 14.5. The monoisotopic (exact) mass is 425 g/mol. The van der Waals surface area contributed by atoms with Crippen LogP contribution in [-0.4, -0.2) is 35.2 Å². The van der Waals surface area contributed by atoms with Crippen LogP contribution in [-0.2, 0) is 11.8 Å². The van der Waals surface area contributed by atoms with Crippen LogP contribution < -0.4 is 14.8 Å². The molecule has 0 spiro atoms. The third-order valence-corrected chi connectivity index (χ3v) is 4.44. The van der Waals surface area contributed by atoms with Gasteiger partial charge in [0.05, 0.1) is 29.6 Å². The molecule has 154 valence electrons. The second-order valence-electron chi connectivity index (χ2n) is 6.33. The van der Waals surface area contributed by atoms with Crippen LogP contribution in [0.1, 0.15) is 15.9 Å². The lowest BCUT2D eigenvalue weighted by Gasteiger charge is -2.12. The predicted molar refractivity (Wildman–Crippen MR) is 115 cm³/mol. The summed E-state index contributed by atoms with van der Waals surface area (Å²) >= 11 is 6.03. The summed E-state index contributed by atoms with van der Waals surface area (Å²) in [5.74, 6) is 0.342. The highest BCUT2D eigenvalue weighted by Gasteiger charge is 2.10. The third kappa shape index (κ3) is 5.48. The fourth-order valence-corrected chi connectivity index (χ4v) is 2.80. The minimum Gasteiger partial charge on any atom is -0.493 e. The number of halogens is 1. The van der Waals surface area contributed by atoms with Gasteiger partial charge in [0.2, 0.25) is 0 Å². The number of anilines is 1. The molecule has 2 aromatic carbocycles. The van der Waals surface area contributed by atoms with E-state index in [1.165, 1.54) is 19.4 Å². The number of allylic oxidation sites excluding steroid dienone is 1. The quantitative estimate of drug-likeness (QED) is 0.435. The fraction of sp³-hybridized carbons (Fsp3) is 0.136. The van der Waals surface area contributed by atoms with Crippen LogP contribution in [0.2, 0.25) is 5.02 Å². The molecule has 1 amide bonds. The molecule has 0 bridgehead atoms. The number of amides is 1. The van der Waals surface area contributed by atoms with Crippen molar-refractivity contribution in [1.82, 2.24) is 9.78 Å². The number of hydrogen-bond donors (Lipinski definition) is 1. The van der Waals surface area contributed by atoms with Gasteiger partial charge in [-0.25, -0.2) is 0 Å². The highest BCUT2D eigenvalue weighted by Crippen LogP contribution is 2.29. The standard InChI is InChI=1S/C22H20ClN3O4/c1-26-13-16(12-24-26)19(27)9-7-15-8-10-20(21(11-15)29-2)30-14-22(28)25-18-6-4-3-5-17(18)23/h3-13H,14H2,1-2H3,(H,25,28). The summed E-state index contributed by atoms with van der Waals surface area (Å²) in [6, 6.07) is 12.1. The summed E-state index contributed by atoms with van der Waals surface area (Å²) in [5, 5.41) is 7.11. The molecule has 0 aliphatic rings. The van der Waals surface area contributed by atoms with E-state index in [1.54, 1.807) is 66.5 Å². The SMILES string of the molecule is COc1cc(C=CC(=O)c2cnn(C)c2)ccc1OCC(=O)Nc1ccccc1Cl. The lowest BCUT2D eigenvalue weighted by Crippen LogP contribution is -2.20. The Morgan fingerprint density at radius 1 is 1.20 bits per heavy atom. The van der Waals surface area contributed by atoms with E-state index < -0.39 is 0 Å². The zero-order valence-electron chi connectivity index (χ0n) is 16.5. The van der Waals surface area contributed by atoms with Crippen molar-refractivity contribution >= 4 is 35.1 Å². The number of ether oxygens (including phenoxy) is 2. The van der Waals surface area contributed by atoms with Crippen LogP contribution in [0.25, 0.3) is 6.08 Å². The Labute approximate surface area is 178 Å². The predicted octanol–water partition coefficient (Wildman–Crippen LogP) is 4.00. The maximum Gasteiger partial charge on any atom is 0.262 e. The number of nitrogens with zero attached hydrogens (tertiary/aromatic N) is 2. The fourth-order valence-electron chi connectivity index (χ4n) is 2.62. The summed E-state index contributed by atoms with van der Waals surface area (Å²) in [6.45, 7) is -0.212. The molecule has 0 fully saturated rings. The average Bonchev–Trinajstić information content (AvgIpc) is 3.18. The van der Waals surface area contributed by atoms with E-state index in [4.69, 9.17) is 21.1 Å². The van der Waals surface area contributed by atoms with Gasteiger partial charge in [-0.2, -0.15) is 5.10 Å². The lowest BCUT2D eigenvalue weighted by molar-refractivity contribution is -0.118. The zero-order valence-corrected chi connectivity index (χ0v) is 17.2. The molecule has 0 aliphatic carbocycles. The van der Waals surface area contributed by atoms with Gasteiger partial charge in [-0.3, -0.25) is 14.3 Å². The van der Waals surface area contributed by atoms with Crippen LogP contribution in [0.15, 0.2) is 60.9 Å². The average molecular weight is 426 g/mol. The summed E-state index contributed by atoms with van der Waals surface area (Å²) in [7, 11) is 3.25. The number of rotatable bonds is 8. The third-order valence-electron chi connectivity index (χ3n) is 4.11. The van der Waals surface area contributed by atoms with Crippen molar-refractivity contribution in [2.24, 2.45) is 7.05 Å². The number of nitrogens with one attached hydrogen (secondary N) is 1. The van der Waals surface area contributed by atoms with Gasteiger partial charge in [-0.15, -0.1) is 0 Å². The highest BCUT2D eigenvalue weighted by atomic mass is 35.5. The minimum absolute atomic E-state index is 0.154. The molecule has 0 saturated carbocycles. The molecule has 1 aromatic heterocycles. The van der Waals surface area contributed by atoms with Gasteiger partial charge in [0, 0.05) is 13.2 Å². The number of para-hydroxylation sites is 1. The summed E-state index contributed by atoms with van der Waals surface area (Å²) in [6.07, 6.45) is 6.30. The molecular formula is C22H20ClN3O4. The first kappa shape index (κ1) is 21.1. The van der Waals surface area contributed by atoms with Crippen LogP contribution in [0.3, 0.4) is 0 Å². The second kappa shape index (κ2) is 9.76.